The number of nitriles is 1. The number of hydrazone groups is 1. The highest BCUT2D eigenvalue weighted by Gasteiger charge is 2.46. The molecule has 0 aliphatic carbocycles. The van der Waals surface area contributed by atoms with E-state index in [4.69, 9.17) is 5.26 Å². The van der Waals surface area contributed by atoms with E-state index < -0.39 is 26.3 Å². The number of nitrogens with zero attached hydrogens (tertiary/aromatic N) is 4. The molecule has 0 radical (unpaired) electrons. The Morgan fingerprint density at radius 2 is 1.78 bits per heavy atom. The van der Waals surface area contributed by atoms with Gasteiger partial charge in [-0.15, -0.1) is 12.8 Å². The zero-order chi connectivity index (χ0) is 28.0. The minimum atomic E-state index is -5.49. The van der Waals surface area contributed by atoms with Crippen LogP contribution < -0.4 is 5.32 Å². The summed E-state index contributed by atoms with van der Waals surface area (Å²) in [5, 5.41) is 17.2. The number of hydrogen-bond acceptors (Lipinski definition) is 6. The Hall–Kier alpha value is -3.81. The molecule has 0 saturated heterocycles. The minimum absolute atomic E-state index is 0.0912. The monoisotopic (exact) mass is 595 g/mol. The fourth-order valence-corrected chi connectivity index (χ4v) is 4.30. The zero-order valence-corrected chi connectivity index (χ0v) is 22.0. The lowest BCUT2D eigenvalue weighted by Crippen LogP contribution is -2.40. The van der Waals surface area contributed by atoms with Gasteiger partial charge in [0.2, 0.25) is 0 Å². The van der Waals surface area contributed by atoms with Crippen molar-refractivity contribution in [2.45, 2.75) is 23.4 Å². The summed E-state index contributed by atoms with van der Waals surface area (Å²) in [4.78, 5) is 13.7. The number of nitrogens with one attached hydrogen (secondary N) is 1. The van der Waals surface area contributed by atoms with Gasteiger partial charge in [-0.1, -0.05) is 28.1 Å². The number of anilines is 1. The zero-order valence-electron chi connectivity index (χ0n) is 19.6. The van der Waals surface area contributed by atoms with Gasteiger partial charge in [0.05, 0.1) is 29.3 Å². The molecule has 2 aromatic rings. The Kier molecular flexibility index (Phi) is 9.50. The highest BCUT2D eigenvalue weighted by atomic mass is 79.9. The Morgan fingerprint density at radius 3 is 2.30 bits per heavy atom. The van der Waals surface area contributed by atoms with Gasteiger partial charge in [0.1, 0.15) is 0 Å². The van der Waals surface area contributed by atoms with Gasteiger partial charge in [0.25, 0.3) is 9.84 Å². The van der Waals surface area contributed by atoms with Gasteiger partial charge in [-0.05, 0) is 43.3 Å². The first-order valence-corrected chi connectivity index (χ1v) is 12.6. The second kappa shape index (κ2) is 12.0. The smallest absolute Gasteiger partial charge is 0.369 e. The van der Waals surface area contributed by atoms with Crippen molar-refractivity contribution >= 4 is 43.2 Å². The van der Waals surface area contributed by atoms with E-state index in [0.717, 1.165) is 39.3 Å². The van der Waals surface area contributed by atoms with Gasteiger partial charge >= 0.3 is 11.5 Å². The van der Waals surface area contributed by atoms with Gasteiger partial charge in [0, 0.05) is 34.5 Å². The summed E-state index contributed by atoms with van der Waals surface area (Å²) in [6.45, 7) is 1.78. The maximum absolute atomic E-state index is 12.8. The van der Waals surface area contributed by atoms with Crippen molar-refractivity contribution in [2.75, 3.05) is 18.9 Å². The molecule has 37 heavy (non-hydrogen) atoms. The van der Waals surface area contributed by atoms with E-state index >= 15 is 0 Å². The lowest BCUT2D eigenvalue weighted by Gasteiger charge is -2.24. The third-order valence-electron chi connectivity index (χ3n) is 5.05. The lowest BCUT2D eigenvalue weighted by molar-refractivity contribution is -0.0436. The summed E-state index contributed by atoms with van der Waals surface area (Å²) >= 11 is 3.37. The van der Waals surface area contributed by atoms with Crippen molar-refractivity contribution in [1.82, 2.24) is 9.91 Å². The van der Waals surface area contributed by atoms with Crippen LogP contribution in [0.2, 0.25) is 0 Å². The number of alkyl halides is 3. The van der Waals surface area contributed by atoms with E-state index in [1.54, 1.807) is 25.1 Å². The summed E-state index contributed by atoms with van der Waals surface area (Å²) in [5.41, 5.74) is -3.55. The Bertz CT molecular complexity index is 1360. The average Bonchev–Trinajstić information content (AvgIpc) is 3.31. The largest absolute Gasteiger partial charge is 0.501 e. The number of allylic oxidation sites excluding steroid dienone is 1. The first kappa shape index (κ1) is 29.4. The number of terminal acetylenes is 1. The molecule has 1 aliphatic heterocycles. The van der Waals surface area contributed by atoms with Crippen molar-refractivity contribution in [2.24, 2.45) is 5.10 Å². The molecule has 0 fully saturated rings. The third kappa shape index (κ3) is 6.90. The fourth-order valence-electron chi connectivity index (χ4n) is 3.27. The Balaban J connectivity index is 0.00000235. The van der Waals surface area contributed by atoms with Crippen molar-refractivity contribution in [3.63, 3.8) is 0 Å². The average molecular weight is 596 g/mol. The van der Waals surface area contributed by atoms with Gasteiger partial charge in [0.15, 0.2) is 0 Å². The van der Waals surface area contributed by atoms with Crippen molar-refractivity contribution in [3.8, 4) is 18.9 Å². The number of likely N-dealkylation sites (N-methyl/N-ethyl adjacent to an activating group) is 1. The normalized spacial score (nSPS) is 15.6. The van der Waals surface area contributed by atoms with E-state index in [0.29, 0.717) is 11.3 Å². The number of carbonyl (C=O) groups is 1. The van der Waals surface area contributed by atoms with Crippen LogP contribution in [-0.2, 0) is 9.84 Å². The van der Waals surface area contributed by atoms with Crippen LogP contribution in [0.25, 0.3) is 0 Å². The molecule has 1 atom stereocenters. The first-order chi connectivity index (χ1) is 17.3. The summed E-state index contributed by atoms with van der Waals surface area (Å²) in [6, 6.07) is 12.0. The van der Waals surface area contributed by atoms with Gasteiger partial charge < -0.3 is 10.2 Å². The molecule has 8 nitrogen and oxygen atoms in total. The lowest BCUT2D eigenvalue weighted by atomic mass is 10.0. The molecule has 2 amide bonds. The molecule has 194 valence electrons. The number of sulfone groups is 1. The van der Waals surface area contributed by atoms with Crippen molar-refractivity contribution < 1.29 is 26.4 Å². The number of urea groups is 1. The standard InChI is InChI=1S/C22H19BrF3N5O3S.C2H2/c1-14(11-27)12-30(2)19-13-31(29-20(19)15-3-5-16(23)6-4-15)21(32)28-17-7-9-18(10-8-17)35(33,34)22(24,25)26;1-2/h3-10,12,19H,13H2,1-2H3,(H,28,32);1-2H/b14-12+;. The van der Waals surface area contributed by atoms with Crippen LogP contribution in [0, 0.1) is 24.2 Å². The molecular weight excluding hydrogens is 575 g/mol. The molecule has 0 bridgehead atoms. The molecule has 0 saturated carbocycles. The predicted octanol–water partition coefficient (Wildman–Crippen LogP) is 4.97. The second-order valence-corrected chi connectivity index (χ2v) is 10.4. The highest BCUT2D eigenvalue weighted by Crippen LogP contribution is 2.31. The molecule has 3 rings (SSSR count). The van der Waals surface area contributed by atoms with Crippen LogP contribution in [0.5, 0.6) is 0 Å². The molecule has 13 heteroatoms. The molecule has 0 aromatic heterocycles. The topological polar surface area (TPSA) is 106 Å². The maximum atomic E-state index is 12.8. The number of benzene rings is 2. The van der Waals surface area contributed by atoms with Crippen LogP contribution in [-0.4, -0.2) is 55.2 Å². The molecule has 1 heterocycles. The molecule has 1 unspecified atom stereocenters. The number of hydrogen-bond donors (Lipinski definition) is 1. The summed E-state index contributed by atoms with van der Waals surface area (Å²) in [7, 11) is -3.74. The van der Waals surface area contributed by atoms with E-state index in [-0.39, 0.29) is 18.3 Å². The molecule has 2 aromatic carbocycles. The summed E-state index contributed by atoms with van der Waals surface area (Å²) < 4.78 is 62.1. The molecule has 0 spiro atoms. The van der Waals surface area contributed by atoms with Crippen molar-refractivity contribution in [3.05, 3.63) is 70.3 Å². The van der Waals surface area contributed by atoms with Crippen LogP contribution in [0.3, 0.4) is 0 Å². The van der Waals surface area contributed by atoms with E-state index in [2.05, 4.69) is 39.2 Å². The van der Waals surface area contributed by atoms with Gasteiger partial charge in [-0.3, -0.25) is 0 Å². The molecule has 1 aliphatic rings. The fraction of sp³-hybridized carbons (Fsp3) is 0.208. The maximum Gasteiger partial charge on any atom is 0.501 e. The van der Waals surface area contributed by atoms with Crippen LogP contribution in [0.15, 0.2) is 74.8 Å². The first-order valence-electron chi connectivity index (χ1n) is 10.3. The van der Waals surface area contributed by atoms with Crippen LogP contribution in [0.1, 0.15) is 12.5 Å². The van der Waals surface area contributed by atoms with Gasteiger partial charge in [-0.25, -0.2) is 18.2 Å². The van der Waals surface area contributed by atoms with E-state index in [1.807, 2.05) is 30.3 Å². The number of rotatable bonds is 5. The SMILES string of the molecule is C#C.C/C(C#N)=C\N(C)C1CN(C(=O)Nc2ccc(S(=O)(=O)C(F)(F)F)cc2)N=C1c1ccc(Br)cc1. The Morgan fingerprint density at radius 1 is 1.22 bits per heavy atom. The minimum Gasteiger partial charge on any atom is -0.369 e. The predicted molar refractivity (Wildman–Crippen MR) is 137 cm³/mol. The van der Waals surface area contributed by atoms with E-state index in [1.165, 1.54) is 0 Å². The number of amides is 2. The van der Waals surface area contributed by atoms with Crippen LogP contribution >= 0.6 is 15.9 Å². The quantitative estimate of drug-likeness (QED) is 0.388. The number of carbonyl (C=O) groups excluding carboxylic acids is 1. The van der Waals surface area contributed by atoms with Gasteiger partial charge in [-0.2, -0.15) is 23.5 Å². The van der Waals surface area contributed by atoms with E-state index in [9.17, 15) is 26.4 Å². The third-order valence-corrected chi connectivity index (χ3v) is 7.08. The highest BCUT2D eigenvalue weighted by molar-refractivity contribution is 9.10. The summed E-state index contributed by atoms with van der Waals surface area (Å²) in [6.07, 6.45) is 9.64. The second-order valence-electron chi connectivity index (χ2n) is 7.58. The van der Waals surface area contributed by atoms with Crippen molar-refractivity contribution in [1.29, 1.82) is 5.26 Å². The van der Waals surface area contributed by atoms with Crippen LogP contribution in [0.4, 0.5) is 23.7 Å². The number of halogens is 4. The Labute approximate surface area is 221 Å². The molecule has 1 N–H and O–H groups in total. The summed E-state index contributed by atoms with van der Waals surface area (Å²) in [5.74, 6) is 0. The molecular formula is C24H21BrF3N5O3S.